The van der Waals surface area contributed by atoms with Gasteiger partial charge in [0.15, 0.2) is 0 Å². The van der Waals surface area contributed by atoms with Gasteiger partial charge in [-0.25, -0.2) is 0 Å². The van der Waals surface area contributed by atoms with E-state index in [1.54, 1.807) is 16.8 Å². The highest BCUT2D eigenvalue weighted by molar-refractivity contribution is 6.30. The van der Waals surface area contributed by atoms with Gasteiger partial charge in [0, 0.05) is 29.7 Å². The molecule has 1 aromatic rings. The van der Waals surface area contributed by atoms with Crippen LogP contribution in [-0.4, -0.2) is 10.4 Å². The predicted molar refractivity (Wildman–Crippen MR) is 55.7 cm³/mol. The number of halogens is 2. The number of hydrogen-bond donors (Lipinski definition) is 0. The van der Waals surface area contributed by atoms with Gasteiger partial charge in [-0.05, 0) is 18.9 Å². The largest absolute Gasteiger partial charge is 0.315 e. The first kappa shape index (κ1) is 10.6. The molecule has 0 aliphatic heterocycles. The summed E-state index contributed by atoms with van der Waals surface area (Å²) < 4.78 is 1.64. The maximum absolute atomic E-state index is 11.3. The van der Waals surface area contributed by atoms with Gasteiger partial charge in [-0.3, -0.25) is 4.79 Å². The van der Waals surface area contributed by atoms with E-state index < -0.39 is 0 Å². The summed E-state index contributed by atoms with van der Waals surface area (Å²) in [6.07, 6.45) is 3.56. The van der Waals surface area contributed by atoms with Crippen molar-refractivity contribution < 1.29 is 0 Å². The lowest BCUT2D eigenvalue weighted by Crippen LogP contribution is -2.18. The Morgan fingerprint density at radius 2 is 2.15 bits per heavy atom. The third-order valence-corrected chi connectivity index (χ3v) is 2.24. The highest BCUT2D eigenvalue weighted by atomic mass is 35.5. The third-order valence-electron chi connectivity index (χ3n) is 1.74. The minimum atomic E-state index is -0.0536. The molecule has 72 valence electrons. The van der Waals surface area contributed by atoms with E-state index in [4.69, 9.17) is 23.2 Å². The Morgan fingerprint density at radius 1 is 1.38 bits per heavy atom. The Bertz CT molecular complexity index is 322. The van der Waals surface area contributed by atoms with E-state index in [1.165, 1.54) is 6.07 Å². The van der Waals surface area contributed by atoms with Crippen LogP contribution < -0.4 is 5.56 Å². The Labute approximate surface area is 87.1 Å². The summed E-state index contributed by atoms with van der Waals surface area (Å²) in [4.78, 5) is 11.3. The van der Waals surface area contributed by atoms with Crippen LogP contribution in [-0.2, 0) is 6.54 Å². The maximum atomic E-state index is 11.3. The van der Waals surface area contributed by atoms with Crippen LogP contribution in [0, 0.1) is 0 Å². The van der Waals surface area contributed by atoms with Crippen LogP contribution >= 0.6 is 23.2 Å². The van der Waals surface area contributed by atoms with Crippen molar-refractivity contribution in [2.45, 2.75) is 19.4 Å². The van der Waals surface area contributed by atoms with E-state index in [9.17, 15) is 4.79 Å². The maximum Gasteiger partial charge on any atom is 0.251 e. The van der Waals surface area contributed by atoms with Crippen LogP contribution in [0.5, 0.6) is 0 Å². The normalized spacial score (nSPS) is 10.3. The molecule has 0 bridgehead atoms. The van der Waals surface area contributed by atoms with E-state index >= 15 is 0 Å². The second-order valence-corrected chi connectivity index (χ2v) is 3.59. The summed E-state index contributed by atoms with van der Waals surface area (Å²) in [6, 6.07) is 3.13. The molecular formula is C9H11Cl2NO. The van der Waals surface area contributed by atoms with Crippen LogP contribution in [0.15, 0.2) is 23.1 Å². The first-order valence-electron chi connectivity index (χ1n) is 4.16. The fourth-order valence-electron chi connectivity index (χ4n) is 1.04. The average molecular weight is 220 g/mol. The van der Waals surface area contributed by atoms with Crippen LogP contribution in [0.4, 0.5) is 0 Å². The Balaban J connectivity index is 2.62. The van der Waals surface area contributed by atoms with Gasteiger partial charge in [-0.1, -0.05) is 11.6 Å². The summed E-state index contributed by atoms with van der Waals surface area (Å²) in [5, 5.41) is 0.485. The summed E-state index contributed by atoms with van der Waals surface area (Å²) >= 11 is 11.2. The zero-order chi connectivity index (χ0) is 9.68. The van der Waals surface area contributed by atoms with Crippen molar-refractivity contribution in [3.8, 4) is 0 Å². The van der Waals surface area contributed by atoms with Gasteiger partial charge in [0.1, 0.15) is 0 Å². The van der Waals surface area contributed by atoms with Crippen LogP contribution in [0.1, 0.15) is 12.8 Å². The standard InChI is InChI=1S/C9H11Cl2NO/c10-4-1-2-5-12-6-3-8(11)7-9(12)13/h3,6-7H,1-2,4-5H2. The Hall–Kier alpha value is -0.470. The summed E-state index contributed by atoms with van der Waals surface area (Å²) in [6.45, 7) is 0.711. The number of hydrogen-bond acceptors (Lipinski definition) is 1. The predicted octanol–water partition coefficient (Wildman–Crippen LogP) is 2.52. The van der Waals surface area contributed by atoms with Crippen LogP contribution in [0.3, 0.4) is 0 Å². The first-order valence-corrected chi connectivity index (χ1v) is 5.07. The molecule has 0 amide bonds. The van der Waals surface area contributed by atoms with E-state index in [1.807, 2.05) is 0 Å². The minimum Gasteiger partial charge on any atom is -0.315 e. The van der Waals surface area contributed by atoms with E-state index in [2.05, 4.69) is 0 Å². The number of unbranched alkanes of at least 4 members (excludes halogenated alkanes) is 1. The molecule has 0 aromatic carbocycles. The molecule has 1 rings (SSSR count). The molecule has 2 nitrogen and oxygen atoms in total. The number of aromatic nitrogens is 1. The highest BCUT2D eigenvalue weighted by Gasteiger charge is 1.95. The molecular weight excluding hydrogens is 209 g/mol. The van der Waals surface area contributed by atoms with Crippen molar-refractivity contribution >= 4 is 23.2 Å². The number of nitrogens with zero attached hydrogens (tertiary/aromatic N) is 1. The highest BCUT2D eigenvalue weighted by Crippen LogP contribution is 2.02. The smallest absolute Gasteiger partial charge is 0.251 e. The average Bonchev–Trinajstić information content (AvgIpc) is 2.09. The monoisotopic (exact) mass is 219 g/mol. The van der Waals surface area contributed by atoms with Gasteiger partial charge in [0.2, 0.25) is 0 Å². The molecule has 0 fully saturated rings. The van der Waals surface area contributed by atoms with Crippen molar-refractivity contribution in [3.05, 3.63) is 33.7 Å². The molecule has 1 heterocycles. The molecule has 0 saturated carbocycles. The molecule has 1 aromatic heterocycles. The summed E-state index contributed by atoms with van der Waals surface area (Å²) in [5.74, 6) is 0.641. The second-order valence-electron chi connectivity index (χ2n) is 2.77. The van der Waals surface area contributed by atoms with E-state index in [0.717, 1.165) is 12.8 Å². The summed E-state index contributed by atoms with van der Waals surface area (Å²) in [7, 11) is 0. The molecule has 0 saturated heterocycles. The van der Waals surface area contributed by atoms with Crippen LogP contribution in [0.25, 0.3) is 0 Å². The zero-order valence-corrected chi connectivity index (χ0v) is 8.68. The lowest BCUT2D eigenvalue weighted by molar-refractivity contribution is 0.615. The van der Waals surface area contributed by atoms with Crippen LogP contribution in [0.2, 0.25) is 5.02 Å². The first-order chi connectivity index (χ1) is 6.24. The van der Waals surface area contributed by atoms with Gasteiger partial charge < -0.3 is 4.57 Å². The third kappa shape index (κ3) is 3.41. The lowest BCUT2D eigenvalue weighted by atomic mass is 10.3. The molecule has 0 atom stereocenters. The van der Waals surface area contributed by atoms with Gasteiger partial charge in [-0.2, -0.15) is 0 Å². The fourth-order valence-corrected chi connectivity index (χ4v) is 1.38. The molecule has 0 radical (unpaired) electrons. The molecule has 13 heavy (non-hydrogen) atoms. The molecule has 0 spiro atoms. The topological polar surface area (TPSA) is 22.0 Å². The van der Waals surface area contributed by atoms with Crippen molar-refractivity contribution in [2.75, 3.05) is 5.88 Å². The quantitative estimate of drug-likeness (QED) is 0.564. The van der Waals surface area contributed by atoms with Gasteiger partial charge in [0.25, 0.3) is 5.56 Å². The van der Waals surface area contributed by atoms with Crippen molar-refractivity contribution in [3.63, 3.8) is 0 Å². The van der Waals surface area contributed by atoms with Gasteiger partial charge in [0.05, 0.1) is 0 Å². The van der Waals surface area contributed by atoms with E-state index in [0.29, 0.717) is 17.4 Å². The van der Waals surface area contributed by atoms with E-state index in [-0.39, 0.29) is 5.56 Å². The molecule has 0 N–H and O–H groups in total. The lowest BCUT2D eigenvalue weighted by Gasteiger charge is -2.03. The van der Waals surface area contributed by atoms with Gasteiger partial charge >= 0.3 is 0 Å². The number of alkyl halides is 1. The Kier molecular flexibility index (Phi) is 4.33. The molecule has 0 unspecified atom stereocenters. The SMILES string of the molecule is O=c1cc(Cl)ccn1CCCCCl. The minimum absolute atomic E-state index is 0.0536. The Morgan fingerprint density at radius 3 is 2.77 bits per heavy atom. The zero-order valence-electron chi connectivity index (χ0n) is 7.17. The number of pyridine rings is 1. The molecule has 0 aliphatic carbocycles. The molecule has 0 aliphatic rings. The molecule has 4 heteroatoms. The second kappa shape index (κ2) is 5.30. The van der Waals surface area contributed by atoms with Crippen molar-refractivity contribution in [1.82, 2.24) is 4.57 Å². The fraction of sp³-hybridized carbons (Fsp3) is 0.444. The number of rotatable bonds is 4. The summed E-state index contributed by atoms with van der Waals surface area (Å²) in [5.41, 5.74) is -0.0536. The van der Waals surface area contributed by atoms with Crippen molar-refractivity contribution in [1.29, 1.82) is 0 Å². The van der Waals surface area contributed by atoms with Crippen molar-refractivity contribution in [2.24, 2.45) is 0 Å². The van der Waals surface area contributed by atoms with Gasteiger partial charge in [-0.15, -0.1) is 11.6 Å². The number of aryl methyl sites for hydroxylation is 1.